The third-order valence-corrected chi connectivity index (χ3v) is 7.20. The van der Waals surface area contributed by atoms with Gasteiger partial charge >= 0.3 is 5.97 Å². The monoisotopic (exact) mass is 523 g/mol. The van der Waals surface area contributed by atoms with Crippen LogP contribution < -0.4 is 4.74 Å². The van der Waals surface area contributed by atoms with Gasteiger partial charge in [-0.1, -0.05) is 54.6 Å². The second-order valence-corrected chi connectivity index (χ2v) is 10.1. The van der Waals surface area contributed by atoms with Gasteiger partial charge in [0.05, 0.1) is 22.2 Å². The van der Waals surface area contributed by atoms with E-state index in [2.05, 4.69) is 4.98 Å². The third kappa shape index (κ3) is 6.07. The van der Waals surface area contributed by atoms with E-state index in [0.29, 0.717) is 25.2 Å². The quantitative estimate of drug-likeness (QED) is 0.212. The zero-order chi connectivity index (χ0) is 26.5. The average Bonchev–Trinajstić information content (AvgIpc) is 3.33. The van der Waals surface area contributed by atoms with Gasteiger partial charge in [0.15, 0.2) is 11.5 Å². The zero-order valence-electron chi connectivity index (χ0n) is 20.5. The summed E-state index contributed by atoms with van der Waals surface area (Å²) in [6.07, 6.45) is 1.05. The number of fused-ring (bicyclic) bond motifs is 1. The maximum atomic E-state index is 12.6. The lowest BCUT2D eigenvalue weighted by atomic mass is 10.0. The molecule has 7 heteroatoms. The highest BCUT2D eigenvalue weighted by Crippen LogP contribution is 2.34. The highest BCUT2D eigenvalue weighted by molar-refractivity contribution is 7.18. The number of carbonyl (C=O) groups excluding carboxylic acids is 1. The molecular formula is C31H25NO5S. The number of carboxylic acids is 1. The van der Waals surface area contributed by atoms with Crippen molar-refractivity contribution < 1.29 is 24.5 Å². The first-order valence-electron chi connectivity index (χ1n) is 12.2. The molecule has 0 aliphatic heterocycles. The number of rotatable bonds is 10. The summed E-state index contributed by atoms with van der Waals surface area (Å²) in [5.74, 6) is -0.425. The van der Waals surface area contributed by atoms with Crippen LogP contribution in [0.1, 0.15) is 32.9 Å². The average molecular weight is 524 g/mol. The van der Waals surface area contributed by atoms with Crippen molar-refractivity contribution in [1.82, 2.24) is 4.98 Å². The molecule has 0 saturated carbocycles. The van der Waals surface area contributed by atoms with Gasteiger partial charge in [-0.2, -0.15) is 0 Å². The molecule has 1 aromatic heterocycles. The predicted molar refractivity (Wildman–Crippen MR) is 148 cm³/mol. The fourth-order valence-corrected chi connectivity index (χ4v) is 5.22. The Balaban J connectivity index is 1.23. The minimum Gasteiger partial charge on any atom is -0.504 e. The number of ketones is 1. The first kappa shape index (κ1) is 25.2. The van der Waals surface area contributed by atoms with Gasteiger partial charge in [-0.3, -0.25) is 4.79 Å². The summed E-state index contributed by atoms with van der Waals surface area (Å²) < 4.78 is 6.73. The summed E-state index contributed by atoms with van der Waals surface area (Å²) >= 11 is 1.48. The lowest BCUT2D eigenvalue weighted by Gasteiger charge is -2.10. The van der Waals surface area contributed by atoms with Crippen LogP contribution in [0.3, 0.4) is 0 Å². The van der Waals surface area contributed by atoms with Crippen LogP contribution in [-0.2, 0) is 24.2 Å². The molecule has 5 aromatic rings. The fourth-order valence-electron chi connectivity index (χ4n) is 4.18. The molecule has 5 rings (SSSR count). The fraction of sp³-hybridized carbons (Fsp3) is 0.129. The minimum absolute atomic E-state index is 0.0565. The Kier molecular flexibility index (Phi) is 7.47. The zero-order valence-corrected chi connectivity index (χ0v) is 21.3. The van der Waals surface area contributed by atoms with Crippen LogP contribution in [-0.4, -0.2) is 26.9 Å². The Hall–Kier alpha value is -4.49. The van der Waals surface area contributed by atoms with Gasteiger partial charge in [-0.05, 0) is 65.1 Å². The number of aromatic hydroxyl groups is 1. The first-order valence-corrected chi connectivity index (χ1v) is 13.0. The van der Waals surface area contributed by atoms with Gasteiger partial charge in [0.25, 0.3) is 0 Å². The van der Waals surface area contributed by atoms with E-state index in [0.717, 1.165) is 37.5 Å². The smallest absolute Gasteiger partial charge is 0.335 e. The number of hydrogen-bond donors (Lipinski definition) is 2. The van der Waals surface area contributed by atoms with Crippen molar-refractivity contribution in [2.45, 2.75) is 25.9 Å². The molecule has 0 bridgehead atoms. The molecule has 0 unspecified atom stereocenters. The Morgan fingerprint density at radius 3 is 2.39 bits per heavy atom. The second kappa shape index (κ2) is 11.3. The van der Waals surface area contributed by atoms with Crippen molar-refractivity contribution in [2.24, 2.45) is 0 Å². The number of thiazole rings is 1. The van der Waals surface area contributed by atoms with Crippen molar-refractivity contribution >= 4 is 33.3 Å². The van der Waals surface area contributed by atoms with E-state index in [1.165, 1.54) is 11.3 Å². The SMILES string of the molecule is O=C(CCc1cccc(C(=O)O)c1)Cc1nc2ccc(-c3ccc(OCc4ccccc4)c(O)c3)cc2s1. The van der Waals surface area contributed by atoms with Gasteiger partial charge in [0.2, 0.25) is 0 Å². The topological polar surface area (TPSA) is 96.7 Å². The number of Topliss-reactive ketones (excluding diaryl/α,β-unsaturated/α-hetero) is 1. The number of ether oxygens (including phenoxy) is 1. The number of phenols is 1. The largest absolute Gasteiger partial charge is 0.504 e. The molecule has 0 aliphatic rings. The molecule has 1 heterocycles. The number of carboxylic acid groups (broad SMARTS) is 1. The molecule has 38 heavy (non-hydrogen) atoms. The van der Waals surface area contributed by atoms with Gasteiger partial charge in [0.1, 0.15) is 17.4 Å². The Morgan fingerprint density at radius 2 is 1.61 bits per heavy atom. The van der Waals surface area contributed by atoms with Crippen LogP contribution in [0.25, 0.3) is 21.3 Å². The molecular weight excluding hydrogens is 498 g/mol. The molecule has 0 fully saturated rings. The van der Waals surface area contributed by atoms with Crippen LogP contribution in [0.2, 0.25) is 0 Å². The van der Waals surface area contributed by atoms with E-state index in [1.54, 1.807) is 30.3 Å². The summed E-state index contributed by atoms with van der Waals surface area (Å²) in [5.41, 5.74) is 4.68. The molecule has 2 N–H and O–H groups in total. The lowest BCUT2D eigenvalue weighted by molar-refractivity contribution is -0.118. The van der Waals surface area contributed by atoms with Gasteiger partial charge in [-0.15, -0.1) is 11.3 Å². The molecule has 190 valence electrons. The summed E-state index contributed by atoms with van der Waals surface area (Å²) in [6.45, 7) is 0.372. The first-order chi connectivity index (χ1) is 18.4. The normalized spacial score (nSPS) is 10.9. The highest BCUT2D eigenvalue weighted by atomic mass is 32.1. The van der Waals surface area contributed by atoms with Crippen LogP contribution in [0, 0.1) is 0 Å². The number of aryl methyl sites for hydroxylation is 1. The van der Waals surface area contributed by atoms with Crippen molar-refractivity contribution in [1.29, 1.82) is 0 Å². The predicted octanol–water partition coefficient (Wildman–Crippen LogP) is 6.69. The summed E-state index contributed by atoms with van der Waals surface area (Å²) in [4.78, 5) is 28.4. The summed E-state index contributed by atoms with van der Waals surface area (Å²) in [7, 11) is 0. The van der Waals surface area contributed by atoms with Crippen molar-refractivity contribution in [3.05, 3.63) is 113 Å². The van der Waals surface area contributed by atoms with E-state index < -0.39 is 5.97 Å². The number of nitrogens with zero attached hydrogens (tertiary/aromatic N) is 1. The summed E-state index contributed by atoms with van der Waals surface area (Å²) in [6, 6.07) is 27.7. The maximum absolute atomic E-state index is 12.6. The molecule has 0 saturated heterocycles. The number of carbonyl (C=O) groups is 2. The third-order valence-electron chi connectivity index (χ3n) is 6.18. The number of benzene rings is 4. The number of hydrogen-bond acceptors (Lipinski definition) is 6. The molecule has 0 radical (unpaired) electrons. The van der Waals surface area contributed by atoms with Gasteiger partial charge in [-0.25, -0.2) is 9.78 Å². The van der Waals surface area contributed by atoms with E-state index in [-0.39, 0.29) is 23.5 Å². The van der Waals surface area contributed by atoms with Crippen molar-refractivity contribution in [3.8, 4) is 22.6 Å². The standard InChI is InChI=1S/C31H25NO5S/c33-25(12-9-20-7-4-8-24(15-20)31(35)36)18-30-32-26-13-10-23(17-29(26)38-30)22-11-14-28(27(34)16-22)37-19-21-5-2-1-3-6-21/h1-8,10-11,13-17,34H,9,12,18-19H2,(H,35,36). The van der Waals surface area contributed by atoms with Crippen LogP contribution in [0.5, 0.6) is 11.5 Å². The van der Waals surface area contributed by atoms with E-state index in [4.69, 9.17) is 9.84 Å². The second-order valence-electron chi connectivity index (χ2n) is 8.97. The molecule has 6 nitrogen and oxygen atoms in total. The Morgan fingerprint density at radius 1 is 0.842 bits per heavy atom. The van der Waals surface area contributed by atoms with E-state index in [1.807, 2.05) is 60.7 Å². The molecule has 0 amide bonds. The van der Waals surface area contributed by atoms with E-state index >= 15 is 0 Å². The number of phenolic OH excluding ortho intramolecular Hbond substituents is 1. The summed E-state index contributed by atoms with van der Waals surface area (Å²) in [5, 5.41) is 20.4. The van der Waals surface area contributed by atoms with Gasteiger partial charge < -0.3 is 14.9 Å². The van der Waals surface area contributed by atoms with Crippen molar-refractivity contribution in [3.63, 3.8) is 0 Å². The number of aromatic carboxylic acids is 1. The Labute approximate surface area is 223 Å². The van der Waals surface area contributed by atoms with Crippen LogP contribution in [0.4, 0.5) is 0 Å². The molecule has 4 aromatic carbocycles. The highest BCUT2D eigenvalue weighted by Gasteiger charge is 2.12. The van der Waals surface area contributed by atoms with Crippen LogP contribution >= 0.6 is 11.3 Å². The van der Waals surface area contributed by atoms with E-state index in [9.17, 15) is 14.7 Å². The molecule has 0 spiro atoms. The minimum atomic E-state index is -0.977. The van der Waals surface area contributed by atoms with Crippen molar-refractivity contribution in [2.75, 3.05) is 0 Å². The Bertz CT molecular complexity index is 1610. The lowest BCUT2D eigenvalue weighted by Crippen LogP contribution is -2.05. The molecule has 0 aliphatic carbocycles. The van der Waals surface area contributed by atoms with Gasteiger partial charge in [0, 0.05) is 6.42 Å². The van der Waals surface area contributed by atoms with Crippen LogP contribution in [0.15, 0.2) is 91.0 Å². The number of aromatic nitrogens is 1. The maximum Gasteiger partial charge on any atom is 0.335 e. The molecule has 0 atom stereocenters.